The molecule has 2 rings (SSSR count). The van der Waals surface area contributed by atoms with E-state index >= 15 is 0 Å². The molecule has 0 saturated carbocycles. The molecular formula is C10H10N4S2. The van der Waals surface area contributed by atoms with Gasteiger partial charge < -0.3 is 11.1 Å². The average Bonchev–Trinajstić information content (AvgIpc) is 2.89. The normalized spacial score (nSPS) is 9.94. The van der Waals surface area contributed by atoms with Crippen molar-refractivity contribution >= 4 is 33.7 Å². The quantitative estimate of drug-likeness (QED) is 0.873. The second-order valence-electron chi connectivity index (χ2n) is 3.14. The molecule has 0 saturated heterocycles. The Labute approximate surface area is 102 Å². The predicted octanol–water partition coefficient (Wildman–Crippen LogP) is 2.31. The van der Waals surface area contributed by atoms with E-state index in [0.29, 0.717) is 11.4 Å². The van der Waals surface area contributed by atoms with Crippen LogP contribution in [0.25, 0.3) is 0 Å². The van der Waals surface area contributed by atoms with Gasteiger partial charge in [-0.15, -0.1) is 11.3 Å². The van der Waals surface area contributed by atoms with Crippen LogP contribution in [0.4, 0.5) is 10.8 Å². The highest BCUT2D eigenvalue weighted by molar-refractivity contribution is 7.10. The van der Waals surface area contributed by atoms with Crippen molar-refractivity contribution in [3.8, 4) is 6.07 Å². The van der Waals surface area contributed by atoms with Crippen LogP contribution in [0, 0.1) is 11.3 Å². The van der Waals surface area contributed by atoms with Crippen LogP contribution in [0.2, 0.25) is 0 Å². The van der Waals surface area contributed by atoms with E-state index in [4.69, 9.17) is 11.0 Å². The van der Waals surface area contributed by atoms with Gasteiger partial charge in [-0.25, -0.2) is 0 Å². The zero-order valence-corrected chi connectivity index (χ0v) is 10.1. The summed E-state index contributed by atoms with van der Waals surface area (Å²) >= 11 is 2.96. The minimum absolute atomic E-state index is 0.311. The van der Waals surface area contributed by atoms with Gasteiger partial charge in [0.25, 0.3) is 0 Å². The summed E-state index contributed by atoms with van der Waals surface area (Å²) in [7, 11) is 0. The van der Waals surface area contributed by atoms with Gasteiger partial charge in [-0.3, -0.25) is 0 Å². The Balaban J connectivity index is 1.93. The molecule has 0 bridgehead atoms. The molecular weight excluding hydrogens is 240 g/mol. The summed E-state index contributed by atoms with van der Waals surface area (Å²) in [4.78, 5) is 1.32. The third kappa shape index (κ3) is 2.32. The molecule has 2 heterocycles. The van der Waals surface area contributed by atoms with E-state index in [1.54, 1.807) is 11.3 Å². The Morgan fingerprint density at radius 3 is 3.12 bits per heavy atom. The van der Waals surface area contributed by atoms with Crippen LogP contribution in [-0.2, 0) is 6.42 Å². The van der Waals surface area contributed by atoms with Gasteiger partial charge in [0.1, 0.15) is 16.6 Å². The molecule has 0 aliphatic heterocycles. The SMILES string of the molecule is N#Cc1c(N)nsc1NCCc1cccs1. The van der Waals surface area contributed by atoms with Crippen molar-refractivity contribution in [1.82, 2.24) is 4.37 Å². The first-order valence-electron chi connectivity index (χ1n) is 4.72. The molecule has 2 aromatic rings. The number of rotatable bonds is 4. The van der Waals surface area contributed by atoms with Crippen molar-refractivity contribution < 1.29 is 0 Å². The molecule has 0 unspecified atom stereocenters. The average molecular weight is 250 g/mol. The maximum Gasteiger partial charge on any atom is 0.157 e. The first kappa shape index (κ1) is 10.9. The summed E-state index contributed by atoms with van der Waals surface area (Å²) in [6, 6.07) is 6.18. The van der Waals surface area contributed by atoms with Crippen LogP contribution < -0.4 is 11.1 Å². The van der Waals surface area contributed by atoms with Crippen molar-refractivity contribution in [3.05, 3.63) is 28.0 Å². The van der Waals surface area contributed by atoms with Crippen LogP contribution in [-0.4, -0.2) is 10.9 Å². The van der Waals surface area contributed by atoms with Crippen LogP contribution in [0.3, 0.4) is 0 Å². The van der Waals surface area contributed by atoms with Crippen molar-refractivity contribution in [2.75, 3.05) is 17.6 Å². The Hall–Kier alpha value is -1.58. The lowest BCUT2D eigenvalue weighted by atomic mass is 10.3. The van der Waals surface area contributed by atoms with Gasteiger partial charge in [0, 0.05) is 11.4 Å². The molecule has 6 heteroatoms. The lowest BCUT2D eigenvalue weighted by molar-refractivity contribution is 1.05. The van der Waals surface area contributed by atoms with Crippen molar-refractivity contribution in [1.29, 1.82) is 5.26 Å². The third-order valence-electron chi connectivity index (χ3n) is 2.07. The van der Waals surface area contributed by atoms with E-state index in [1.807, 2.05) is 6.07 Å². The number of nitrogens with two attached hydrogens (primary N) is 1. The van der Waals surface area contributed by atoms with Gasteiger partial charge in [-0.2, -0.15) is 9.64 Å². The van der Waals surface area contributed by atoms with Crippen molar-refractivity contribution in [2.24, 2.45) is 0 Å². The molecule has 0 aliphatic carbocycles. The topological polar surface area (TPSA) is 74.7 Å². The molecule has 0 fully saturated rings. The predicted molar refractivity (Wildman–Crippen MR) is 67.8 cm³/mol. The third-order valence-corrected chi connectivity index (χ3v) is 3.82. The zero-order valence-electron chi connectivity index (χ0n) is 8.43. The molecule has 3 N–H and O–H groups in total. The number of nitrogens with one attached hydrogen (secondary N) is 1. The Morgan fingerprint density at radius 1 is 1.56 bits per heavy atom. The summed E-state index contributed by atoms with van der Waals surface area (Å²) in [5, 5.41) is 14.9. The molecule has 2 aromatic heterocycles. The number of hydrogen-bond acceptors (Lipinski definition) is 6. The van der Waals surface area contributed by atoms with Gasteiger partial charge in [-0.05, 0) is 29.4 Å². The molecule has 0 aromatic carbocycles. The minimum atomic E-state index is 0.311. The highest BCUT2D eigenvalue weighted by Gasteiger charge is 2.09. The molecule has 0 atom stereocenters. The summed E-state index contributed by atoms with van der Waals surface area (Å²) in [6.07, 6.45) is 0.945. The fourth-order valence-corrected chi connectivity index (χ4v) is 2.68. The zero-order chi connectivity index (χ0) is 11.4. The van der Waals surface area contributed by atoms with Gasteiger partial charge in [-0.1, -0.05) is 6.07 Å². The lowest BCUT2D eigenvalue weighted by Crippen LogP contribution is -2.03. The van der Waals surface area contributed by atoms with E-state index in [-0.39, 0.29) is 0 Å². The van der Waals surface area contributed by atoms with Gasteiger partial charge in [0.15, 0.2) is 5.82 Å². The summed E-state index contributed by atoms with van der Waals surface area (Å²) in [6.45, 7) is 0.789. The van der Waals surface area contributed by atoms with Crippen molar-refractivity contribution in [2.45, 2.75) is 6.42 Å². The Kier molecular flexibility index (Phi) is 3.39. The van der Waals surface area contributed by atoms with E-state index in [1.165, 1.54) is 16.4 Å². The summed E-state index contributed by atoms with van der Waals surface area (Å²) < 4.78 is 3.94. The molecule has 0 amide bonds. The second kappa shape index (κ2) is 4.96. The van der Waals surface area contributed by atoms with Crippen LogP contribution in [0.15, 0.2) is 17.5 Å². The van der Waals surface area contributed by atoms with Gasteiger partial charge >= 0.3 is 0 Å². The largest absolute Gasteiger partial charge is 0.382 e. The standard InChI is InChI=1S/C10H10N4S2/c11-6-8-9(12)14-16-10(8)13-4-3-7-2-1-5-15-7/h1-2,5,13H,3-4H2,(H2,12,14). The van der Waals surface area contributed by atoms with Crippen LogP contribution in [0.5, 0.6) is 0 Å². The van der Waals surface area contributed by atoms with Gasteiger partial charge in [0.05, 0.1) is 0 Å². The maximum atomic E-state index is 8.87. The minimum Gasteiger partial charge on any atom is -0.382 e. The number of thiophene rings is 1. The molecule has 0 radical (unpaired) electrons. The molecule has 4 nitrogen and oxygen atoms in total. The lowest BCUT2D eigenvalue weighted by Gasteiger charge is -2.01. The van der Waals surface area contributed by atoms with E-state index in [2.05, 4.69) is 27.2 Å². The smallest absolute Gasteiger partial charge is 0.157 e. The maximum absolute atomic E-state index is 8.87. The van der Waals surface area contributed by atoms with Crippen LogP contribution in [0.1, 0.15) is 10.4 Å². The van der Waals surface area contributed by atoms with Crippen LogP contribution >= 0.6 is 22.9 Å². The first-order chi connectivity index (χ1) is 7.81. The summed E-state index contributed by atoms with van der Waals surface area (Å²) in [5.74, 6) is 0.311. The highest BCUT2D eigenvalue weighted by Crippen LogP contribution is 2.25. The Morgan fingerprint density at radius 2 is 2.44 bits per heavy atom. The number of nitrogen functional groups attached to an aromatic ring is 1. The Bertz CT molecular complexity index is 495. The van der Waals surface area contributed by atoms with E-state index in [9.17, 15) is 0 Å². The fourth-order valence-electron chi connectivity index (χ4n) is 1.29. The number of aromatic nitrogens is 1. The number of nitrogens with zero attached hydrogens (tertiary/aromatic N) is 2. The number of anilines is 2. The second-order valence-corrected chi connectivity index (χ2v) is 4.95. The number of nitriles is 1. The molecule has 82 valence electrons. The monoisotopic (exact) mass is 250 g/mol. The van der Waals surface area contributed by atoms with Crippen molar-refractivity contribution in [3.63, 3.8) is 0 Å². The first-order valence-corrected chi connectivity index (χ1v) is 6.38. The van der Waals surface area contributed by atoms with E-state index < -0.39 is 0 Å². The highest BCUT2D eigenvalue weighted by atomic mass is 32.1. The summed E-state index contributed by atoms with van der Waals surface area (Å²) in [5.41, 5.74) is 6.01. The fraction of sp³-hybridized carbons (Fsp3) is 0.200. The van der Waals surface area contributed by atoms with Gasteiger partial charge in [0.2, 0.25) is 0 Å². The van der Waals surface area contributed by atoms with E-state index in [0.717, 1.165) is 18.0 Å². The molecule has 16 heavy (non-hydrogen) atoms. The molecule has 0 aliphatic rings. The molecule has 0 spiro atoms. The number of hydrogen-bond donors (Lipinski definition) is 2.